The van der Waals surface area contributed by atoms with Gasteiger partial charge in [-0.2, -0.15) is 0 Å². The number of hydrogen-bond donors (Lipinski definition) is 0. The predicted molar refractivity (Wildman–Crippen MR) is 61.5 cm³/mol. The zero-order valence-electron chi connectivity index (χ0n) is 8.29. The van der Waals surface area contributed by atoms with Crippen LogP contribution in [0, 0.1) is 5.92 Å². The van der Waals surface area contributed by atoms with E-state index in [-0.39, 0.29) is 0 Å². The van der Waals surface area contributed by atoms with Crippen molar-refractivity contribution in [3.63, 3.8) is 0 Å². The SMILES string of the molecule is C=CCC(/C=C\C(C)P)CCC. The van der Waals surface area contributed by atoms with E-state index in [1.165, 1.54) is 12.8 Å². The summed E-state index contributed by atoms with van der Waals surface area (Å²) >= 11 is 0. The average molecular weight is 184 g/mol. The molecule has 1 heteroatoms. The van der Waals surface area contributed by atoms with Gasteiger partial charge < -0.3 is 0 Å². The lowest BCUT2D eigenvalue weighted by molar-refractivity contribution is 0.587. The van der Waals surface area contributed by atoms with Crippen LogP contribution in [0.1, 0.15) is 33.1 Å². The standard InChI is InChI=1S/C11H21P/c1-4-6-11(7-5-2)9-8-10(3)12/h4,8-11H,1,5-7,12H2,2-3H3/b9-8-. The second-order valence-electron chi connectivity index (χ2n) is 3.32. The van der Waals surface area contributed by atoms with Crippen molar-refractivity contribution in [3.05, 3.63) is 24.8 Å². The van der Waals surface area contributed by atoms with Gasteiger partial charge in [0, 0.05) is 0 Å². The summed E-state index contributed by atoms with van der Waals surface area (Å²) in [6.45, 7) is 8.18. The molecule has 70 valence electrons. The molecule has 0 nitrogen and oxygen atoms in total. The van der Waals surface area contributed by atoms with E-state index < -0.39 is 0 Å². The zero-order chi connectivity index (χ0) is 9.40. The molecule has 0 amide bonds. The Hall–Kier alpha value is -0.0900. The van der Waals surface area contributed by atoms with Crippen molar-refractivity contribution < 1.29 is 0 Å². The normalized spacial score (nSPS) is 16.2. The fourth-order valence-corrected chi connectivity index (χ4v) is 1.34. The van der Waals surface area contributed by atoms with Crippen LogP contribution in [0.5, 0.6) is 0 Å². The quantitative estimate of drug-likeness (QED) is 0.435. The van der Waals surface area contributed by atoms with Crippen molar-refractivity contribution in [1.82, 2.24) is 0 Å². The van der Waals surface area contributed by atoms with Crippen molar-refractivity contribution in [2.24, 2.45) is 5.92 Å². The lowest BCUT2D eigenvalue weighted by atomic mass is 9.99. The van der Waals surface area contributed by atoms with Crippen molar-refractivity contribution >= 4 is 9.24 Å². The third-order valence-electron chi connectivity index (χ3n) is 1.82. The van der Waals surface area contributed by atoms with Crippen molar-refractivity contribution in [2.45, 2.75) is 38.8 Å². The molecule has 0 fully saturated rings. The molecule has 12 heavy (non-hydrogen) atoms. The first kappa shape index (κ1) is 11.9. The minimum absolute atomic E-state index is 0.592. The van der Waals surface area contributed by atoms with Crippen molar-refractivity contribution in [3.8, 4) is 0 Å². The molecule has 0 aliphatic carbocycles. The molecule has 0 aromatic heterocycles. The minimum atomic E-state index is 0.592. The van der Waals surface area contributed by atoms with E-state index in [4.69, 9.17) is 0 Å². The fraction of sp³-hybridized carbons (Fsp3) is 0.636. The van der Waals surface area contributed by atoms with Gasteiger partial charge in [0.15, 0.2) is 0 Å². The molecule has 0 rings (SSSR count). The maximum Gasteiger partial charge on any atom is -0.0114 e. The molecule has 0 N–H and O–H groups in total. The number of allylic oxidation sites excluding steroid dienone is 3. The van der Waals surface area contributed by atoms with E-state index in [9.17, 15) is 0 Å². The molecule has 0 spiro atoms. The molecule has 0 bridgehead atoms. The third-order valence-corrected chi connectivity index (χ3v) is 2.04. The Labute approximate surface area is 79.3 Å². The molecule has 0 aromatic carbocycles. The van der Waals surface area contributed by atoms with Gasteiger partial charge in [0.25, 0.3) is 0 Å². The number of hydrogen-bond acceptors (Lipinski definition) is 0. The highest BCUT2D eigenvalue weighted by Gasteiger charge is 2.00. The lowest BCUT2D eigenvalue weighted by Gasteiger charge is -2.08. The summed E-state index contributed by atoms with van der Waals surface area (Å²) in [6, 6.07) is 0. The third kappa shape index (κ3) is 6.61. The van der Waals surface area contributed by atoms with Gasteiger partial charge >= 0.3 is 0 Å². The largest absolute Gasteiger partial charge is 0.131 e. The molecular formula is C11H21P. The van der Waals surface area contributed by atoms with Gasteiger partial charge in [-0.25, -0.2) is 0 Å². The summed E-state index contributed by atoms with van der Waals surface area (Å²) in [5.41, 5.74) is 0.592. The van der Waals surface area contributed by atoms with E-state index in [1.807, 2.05) is 6.08 Å². The monoisotopic (exact) mass is 184 g/mol. The fourth-order valence-electron chi connectivity index (χ4n) is 1.21. The molecule has 3 unspecified atom stereocenters. The van der Waals surface area contributed by atoms with E-state index in [0.29, 0.717) is 11.6 Å². The van der Waals surface area contributed by atoms with Gasteiger partial charge in [-0.3, -0.25) is 0 Å². The van der Waals surface area contributed by atoms with Crippen LogP contribution in [-0.2, 0) is 0 Å². The highest BCUT2D eigenvalue weighted by Crippen LogP contribution is 2.14. The van der Waals surface area contributed by atoms with Crippen LogP contribution in [0.4, 0.5) is 0 Å². The summed E-state index contributed by atoms with van der Waals surface area (Å²) in [5, 5.41) is 0. The first-order valence-corrected chi connectivity index (χ1v) is 5.42. The number of rotatable bonds is 6. The van der Waals surface area contributed by atoms with Gasteiger partial charge in [-0.15, -0.1) is 15.8 Å². The van der Waals surface area contributed by atoms with Crippen LogP contribution in [0.25, 0.3) is 0 Å². The highest BCUT2D eigenvalue weighted by molar-refractivity contribution is 7.17. The summed E-state index contributed by atoms with van der Waals surface area (Å²) in [6.07, 6.45) is 10.2. The Balaban J connectivity index is 3.84. The maximum atomic E-state index is 3.77. The molecule has 0 radical (unpaired) electrons. The van der Waals surface area contributed by atoms with Crippen LogP contribution < -0.4 is 0 Å². The summed E-state index contributed by atoms with van der Waals surface area (Å²) in [5.74, 6) is 0.704. The van der Waals surface area contributed by atoms with Crippen LogP contribution >= 0.6 is 9.24 Å². The van der Waals surface area contributed by atoms with Crippen LogP contribution in [0.3, 0.4) is 0 Å². The molecular weight excluding hydrogens is 163 g/mol. The minimum Gasteiger partial charge on any atom is -0.131 e. The van der Waals surface area contributed by atoms with Crippen LogP contribution in [0.2, 0.25) is 0 Å². The molecule has 0 saturated carbocycles. The Bertz CT molecular complexity index is 136. The topological polar surface area (TPSA) is 0 Å². The van der Waals surface area contributed by atoms with Crippen LogP contribution in [0.15, 0.2) is 24.8 Å². The van der Waals surface area contributed by atoms with Crippen LogP contribution in [-0.4, -0.2) is 5.66 Å². The molecule has 0 heterocycles. The molecule has 3 atom stereocenters. The van der Waals surface area contributed by atoms with E-state index in [1.54, 1.807) is 0 Å². The van der Waals surface area contributed by atoms with Gasteiger partial charge in [-0.1, -0.05) is 38.5 Å². The highest BCUT2D eigenvalue weighted by atomic mass is 31.0. The first-order chi connectivity index (χ1) is 5.70. The zero-order valence-corrected chi connectivity index (χ0v) is 9.45. The molecule has 0 aromatic rings. The summed E-state index contributed by atoms with van der Waals surface area (Å²) < 4.78 is 0. The summed E-state index contributed by atoms with van der Waals surface area (Å²) in [4.78, 5) is 0. The molecule has 0 saturated heterocycles. The van der Waals surface area contributed by atoms with E-state index >= 15 is 0 Å². The maximum absolute atomic E-state index is 3.77. The van der Waals surface area contributed by atoms with Crippen molar-refractivity contribution in [1.29, 1.82) is 0 Å². The second kappa shape index (κ2) is 7.55. The lowest BCUT2D eigenvalue weighted by Crippen LogP contribution is -1.95. The predicted octanol–water partition coefficient (Wildman–Crippen LogP) is 3.80. The van der Waals surface area contributed by atoms with Crippen molar-refractivity contribution in [2.75, 3.05) is 0 Å². The molecule has 0 aliphatic heterocycles. The van der Waals surface area contributed by atoms with Gasteiger partial charge in [0.05, 0.1) is 0 Å². The Morgan fingerprint density at radius 3 is 2.50 bits per heavy atom. The average Bonchev–Trinajstić information content (AvgIpc) is 2.01. The van der Waals surface area contributed by atoms with Gasteiger partial charge in [0.1, 0.15) is 0 Å². The van der Waals surface area contributed by atoms with E-state index in [0.717, 1.165) is 6.42 Å². The van der Waals surface area contributed by atoms with Gasteiger partial charge in [0.2, 0.25) is 0 Å². The summed E-state index contributed by atoms with van der Waals surface area (Å²) in [7, 11) is 2.78. The smallest absolute Gasteiger partial charge is 0.0114 e. The Morgan fingerprint density at radius 2 is 2.08 bits per heavy atom. The molecule has 0 aliphatic rings. The Kier molecular flexibility index (Phi) is 7.50. The van der Waals surface area contributed by atoms with E-state index in [2.05, 4.69) is 41.8 Å². The van der Waals surface area contributed by atoms with Gasteiger partial charge in [-0.05, 0) is 24.4 Å². The second-order valence-corrected chi connectivity index (χ2v) is 4.37. The Morgan fingerprint density at radius 1 is 1.42 bits per heavy atom. The first-order valence-electron chi connectivity index (χ1n) is 4.75.